The number of β-amino-alcohol motifs (C(OH)–C–C–N with tert-alkyl or cyclic N) is 1. The number of fused-ring (bicyclic) bond motifs is 1. The molecule has 52 valence electrons. The van der Waals surface area contributed by atoms with Crippen LogP contribution >= 0.6 is 0 Å². The molecule has 2 heterocycles. The van der Waals surface area contributed by atoms with Crippen LogP contribution in [0.25, 0.3) is 0 Å². The van der Waals surface area contributed by atoms with Gasteiger partial charge in [0.15, 0.2) is 0 Å². The fourth-order valence-corrected chi connectivity index (χ4v) is 1.58. The molecule has 3 atom stereocenters. The van der Waals surface area contributed by atoms with Crippen LogP contribution in [-0.4, -0.2) is 37.0 Å². The largest absolute Gasteiger partial charge is 0.391 e. The fourth-order valence-electron chi connectivity index (χ4n) is 1.58. The molecule has 3 nitrogen and oxygen atoms in total. The van der Waals surface area contributed by atoms with Crippen LogP contribution in [0.15, 0.2) is 0 Å². The van der Waals surface area contributed by atoms with Gasteiger partial charge in [0.2, 0.25) is 0 Å². The van der Waals surface area contributed by atoms with Gasteiger partial charge in [-0.2, -0.15) is 0 Å². The Morgan fingerprint density at radius 3 is 3.11 bits per heavy atom. The molecule has 0 saturated carbocycles. The maximum absolute atomic E-state index is 9.26. The third-order valence-corrected chi connectivity index (χ3v) is 2.21. The highest BCUT2D eigenvalue weighted by Gasteiger charge is 2.38. The summed E-state index contributed by atoms with van der Waals surface area (Å²) in [4.78, 5) is 0. The molecule has 2 fully saturated rings. The smallest absolute Gasteiger partial charge is 0.0730 e. The first-order valence-corrected chi connectivity index (χ1v) is 3.37. The van der Waals surface area contributed by atoms with E-state index in [1.54, 1.807) is 0 Å². The zero-order valence-corrected chi connectivity index (χ0v) is 5.21. The molecule has 0 aromatic rings. The number of aliphatic hydroxyl groups is 1. The van der Waals surface area contributed by atoms with Crippen LogP contribution in [0.1, 0.15) is 0 Å². The van der Waals surface area contributed by atoms with Gasteiger partial charge in [-0.25, -0.2) is 0 Å². The van der Waals surface area contributed by atoms with Crippen molar-refractivity contribution in [3.63, 3.8) is 0 Å². The van der Waals surface area contributed by atoms with Crippen molar-refractivity contribution in [2.75, 3.05) is 19.8 Å². The molecule has 0 amide bonds. The Morgan fingerprint density at radius 1 is 1.44 bits per heavy atom. The van der Waals surface area contributed by atoms with Crippen LogP contribution in [0.5, 0.6) is 0 Å². The normalized spacial score (nSPS) is 49.7. The van der Waals surface area contributed by atoms with E-state index in [1.807, 2.05) is 0 Å². The number of rotatable bonds is 0. The van der Waals surface area contributed by atoms with Crippen molar-refractivity contribution in [2.24, 2.45) is 5.92 Å². The molecule has 0 unspecified atom stereocenters. The molecule has 0 spiro atoms. The summed E-state index contributed by atoms with van der Waals surface area (Å²) in [5.41, 5.74) is 0. The molecule has 9 heavy (non-hydrogen) atoms. The van der Waals surface area contributed by atoms with Crippen LogP contribution in [0, 0.1) is 5.92 Å². The predicted molar refractivity (Wildman–Crippen MR) is 32.1 cm³/mol. The lowest BCUT2D eigenvalue weighted by molar-refractivity contribution is 0.107. The average Bonchev–Trinajstić information content (AvgIpc) is 2.35. The Bertz CT molecular complexity index is 118. The summed E-state index contributed by atoms with van der Waals surface area (Å²) < 4.78 is 5.16. The summed E-state index contributed by atoms with van der Waals surface area (Å²) in [7, 11) is 0. The first kappa shape index (κ1) is 5.65. The van der Waals surface area contributed by atoms with E-state index >= 15 is 0 Å². The van der Waals surface area contributed by atoms with E-state index in [9.17, 15) is 5.11 Å². The zero-order valence-electron chi connectivity index (χ0n) is 5.21. The lowest BCUT2D eigenvalue weighted by atomic mass is 10.0. The number of nitrogens with one attached hydrogen (secondary N) is 1. The highest BCUT2D eigenvalue weighted by molar-refractivity contribution is 4.93. The average molecular weight is 129 g/mol. The van der Waals surface area contributed by atoms with E-state index in [0.717, 1.165) is 19.8 Å². The van der Waals surface area contributed by atoms with Gasteiger partial charge in [-0.05, 0) is 0 Å². The number of aliphatic hydroxyl groups excluding tert-OH is 1. The van der Waals surface area contributed by atoms with Crippen molar-refractivity contribution in [1.29, 1.82) is 0 Å². The van der Waals surface area contributed by atoms with E-state index in [-0.39, 0.29) is 6.10 Å². The molecule has 2 rings (SSSR count). The number of ether oxygens (including phenoxy) is 1. The van der Waals surface area contributed by atoms with Gasteiger partial charge in [-0.3, -0.25) is 0 Å². The SMILES string of the molecule is O[C@@H]1CN[C@H]2COC[C@@H]12. The van der Waals surface area contributed by atoms with Crippen molar-refractivity contribution < 1.29 is 9.84 Å². The molecule has 0 aliphatic carbocycles. The van der Waals surface area contributed by atoms with Crippen LogP contribution in [0.3, 0.4) is 0 Å². The second kappa shape index (κ2) is 1.94. The third-order valence-electron chi connectivity index (χ3n) is 2.21. The second-order valence-corrected chi connectivity index (χ2v) is 2.78. The molecule has 2 aliphatic rings. The van der Waals surface area contributed by atoms with Gasteiger partial charge < -0.3 is 15.2 Å². The van der Waals surface area contributed by atoms with Gasteiger partial charge in [-0.1, -0.05) is 0 Å². The zero-order chi connectivity index (χ0) is 6.27. The van der Waals surface area contributed by atoms with Gasteiger partial charge >= 0.3 is 0 Å². The molecule has 2 aliphatic heterocycles. The van der Waals surface area contributed by atoms with Crippen molar-refractivity contribution in [3.05, 3.63) is 0 Å². The number of hydrogen-bond acceptors (Lipinski definition) is 3. The summed E-state index contributed by atoms with van der Waals surface area (Å²) in [6.07, 6.45) is -0.169. The molecular formula is C6H11NO2. The highest BCUT2D eigenvalue weighted by Crippen LogP contribution is 2.22. The minimum absolute atomic E-state index is 0.169. The summed E-state index contributed by atoms with van der Waals surface area (Å²) in [5, 5.41) is 12.5. The molecule has 0 aromatic heterocycles. The van der Waals surface area contributed by atoms with E-state index in [1.165, 1.54) is 0 Å². The summed E-state index contributed by atoms with van der Waals surface area (Å²) in [5.74, 6) is 0.366. The summed E-state index contributed by atoms with van der Waals surface area (Å²) in [6, 6.07) is 0.431. The minimum atomic E-state index is -0.169. The van der Waals surface area contributed by atoms with Gasteiger partial charge in [0.25, 0.3) is 0 Å². The molecule has 2 saturated heterocycles. The van der Waals surface area contributed by atoms with Crippen LogP contribution < -0.4 is 5.32 Å². The Labute approximate surface area is 54.0 Å². The lowest BCUT2D eigenvalue weighted by Crippen LogP contribution is -2.26. The quantitative estimate of drug-likeness (QED) is 0.439. The number of hydrogen-bond donors (Lipinski definition) is 2. The molecule has 0 aromatic carbocycles. The van der Waals surface area contributed by atoms with Crippen molar-refractivity contribution >= 4 is 0 Å². The van der Waals surface area contributed by atoms with Crippen LogP contribution in [0.4, 0.5) is 0 Å². The van der Waals surface area contributed by atoms with Gasteiger partial charge in [0, 0.05) is 18.5 Å². The highest BCUT2D eigenvalue weighted by atomic mass is 16.5. The molecule has 3 heteroatoms. The van der Waals surface area contributed by atoms with Gasteiger partial charge in [0.1, 0.15) is 0 Å². The van der Waals surface area contributed by atoms with Crippen molar-refractivity contribution in [3.8, 4) is 0 Å². The lowest BCUT2D eigenvalue weighted by Gasteiger charge is -2.07. The first-order chi connectivity index (χ1) is 4.38. The fraction of sp³-hybridized carbons (Fsp3) is 1.00. The Morgan fingerprint density at radius 2 is 2.33 bits per heavy atom. The third kappa shape index (κ3) is 0.764. The van der Waals surface area contributed by atoms with Gasteiger partial charge in [-0.15, -0.1) is 0 Å². The van der Waals surface area contributed by atoms with E-state index in [4.69, 9.17) is 4.74 Å². The monoisotopic (exact) mass is 129 g/mol. The maximum Gasteiger partial charge on any atom is 0.0730 e. The Kier molecular flexibility index (Phi) is 1.22. The molecule has 0 bridgehead atoms. The Hall–Kier alpha value is -0.120. The second-order valence-electron chi connectivity index (χ2n) is 2.78. The molecule has 0 radical (unpaired) electrons. The van der Waals surface area contributed by atoms with Crippen LogP contribution in [0.2, 0.25) is 0 Å². The maximum atomic E-state index is 9.26. The van der Waals surface area contributed by atoms with E-state index < -0.39 is 0 Å². The first-order valence-electron chi connectivity index (χ1n) is 3.37. The predicted octanol–water partition coefficient (Wildman–Crippen LogP) is -1.03. The standard InChI is InChI=1S/C6H11NO2/c8-6-1-7-5-3-9-2-4(5)6/h4-8H,1-3H2/t4-,5+,6-/m1/s1. The topological polar surface area (TPSA) is 41.5 Å². The van der Waals surface area contributed by atoms with Crippen molar-refractivity contribution in [1.82, 2.24) is 5.32 Å². The van der Waals surface area contributed by atoms with Crippen molar-refractivity contribution in [2.45, 2.75) is 12.1 Å². The Balaban J connectivity index is 2.07. The van der Waals surface area contributed by atoms with Gasteiger partial charge in [0.05, 0.1) is 19.3 Å². The molecular weight excluding hydrogens is 118 g/mol. The minimum Gasteiger partial charge on any atom is -0.391 e. The van der Waals surface area contributed by atoms with Crippen LogP contribution in [-0.2, 0) is 4.74 Å². The molecule has 2 N–H and O–H groups in total. The van der Waals surface area contributed by atoms with E-state index in [0.29, 0.717) is 12.0 Å². The summed E-state index contributed by atoms with van der Waals surface area (Å²) in [6.45, 7) is 2.26. The van der Waals surface area contributed by atoms with E-state index in [2.05, 4.69) is 5.32 Å². The summed E-state index contributed by atoms with van der Waals surface area (Å²) >= 11 is 0.